The molecule has 0 saturated heterocycles. The lowest BCUT2D eigenvalue weighted by Gasteiger charge is -2.11. The van der Waals surface area contributed by atoms with Gasteiger partial charge in [0.1, 0.15) is 12.0 Å². The molecule has 0 radical (unpaired) electrons. The van der Waals surface area contributed by atoms with Crippen LogP contribution in [0.25, 0.3) is 5.82 Å². The van der Waals surface area contributed by atoms with Crippen LogP contribution in [0.3, 0.4) is 0 Å². The molecule has 108 valence electrons. The predicted molar refractivity (Wildman–Crippen MR) is 78.1 cm³/mol. The number of ether oxygens (including phenoxy) is 1. The van der Waals surface area contributed by atoms with Gasteiger partial charge in [-0.15, -0.1) is 0 Å². The summed E-state index contributed by atoms with van der Waals surface area (Å²) in [5.74, 6) is 1.01. The number of aromatic nitrogens is 4. The summed E-state index contributed by atoms with van der Waals surface area (Å²) in [5, 5.41) is 4.54. The van der Waals surface area contributed by atoms with Crippen LogP contribution in [-0.2, 0) is 12.8 Å². The van der Waals surface area contributed by atoms with Crippen molar-refractivity contribution < 1.29 is 4.74 Å². The van der Waals surface area contributed by atoms with E-state index in [0.717, 1.165) is 30.7 Å². The lowest BCUT2D eigenvalue weighted by atomic mass is 10.2. The van der Waals surface area contributed by atoms with E-state index in [9.17, 15) is 0 Å². The van der Waals surface area contributed by atoms with Crippen molar-refractivity contribution in [2.75, 3.05) is 12.3 Å². The molecule has 20 heavy (non-hydrogen) atoms. The SMILES string of the molecule is CCCOc1ncnc(-n2nc(CC)cc2CC)c1N. The minimum absolute atomic E-state index is 0.424. The molecular formula is C14H21N5O. The van der Waals surface area contributed by atoms with E-state index >= 15 is 0 Å². The van der Waals surface area contributed by atoms with Crippen molar-refractivity contribution in [3.8, 4) is 11.7 Å². The Labute approximate surface area is 119 Å². The minimum Gasteiger partial charge on any atom is -0.476 e. The molecule has 2 N–H and O–H groups in total. The molecule has 0 aliphatic heterocycles. The summed E-state index contributed by atoms with van der Waals surface area (Å²) >= 11 is 0. The molecule has 6 heteroatoms. The fourth-order valence-corrected chi connectivity index (χ4v) is 1.94. The number of nitrogens with two attached hydrogens (primary N) is 1. The maximum Gasteiger partial charge on any atom is 0.242 e. The lowest BCUT2D eigenvalue weighted by Crippen LogP contribution is -2.10. The molecule has 2 heterocycles. The van der Waals surface area contributed by atoms with E-state index in [1.807, 2.05) is 6.92 Å². The molecule has 0 aliphatic carbocycles. The summed E-state index contributed by atoms with van der Waals surface area (Å²) in [4.78, 5) is 8.34. The Morgan fingerprint density at radius 1 is 1.20 bits per heavy atom. The lowest BCUT2D eigenvalue weighted by molar-refractivity contribution is 0.306. The van der Waals surface area contributed by atoms with Crippen molar-refractivity contribution in [1.82, 2.24) is 19.7 Å². The normalized spacial score (nSPS) is 10.8. The van der Waals surface area contributed by atoms with Gasteiger partial charge in [0.25, 0.3) is 0 Å². The van der Waals surface area contributed by atoms with Crippen LogP contribution in [0, 0.1) is 0 Å². The Kier molecular flexibility index (Phi) is 4.55. The first-order chi connectivity index (χ1) is 9.71. The van der Waals surface area contributed by atoms with Gasteiger partial charge in [0, 0.05) is 5.69 Å². The van der Waals surface area contributed by atoms with Crippen molar-refractivity contribution >= 4 is 5.69 Å². The van der Waals surface area contributed by atoms with E-state index in [4.69, 9.17) is 10.5 Å². The molecule has 0 unspecified atom stereocenters. The molecule has 0 amide bonds. The summed E-state index contributed by atoms with van der Waals surface area (Å²) in [5.41, 5.74) is 8.65. The third kappa shape index (κ3) is 2.74. The zero-order chi connectivity index (χ0) is 14.5. The van der Waals surface area contributed by atoms with Gasteiger partial charge in [-0.2, -0.15) is 10.1 Å². The number of rotatable bonds is 6. The zero-order valence-electron chi connectivity index (χ0n) is 12.3. The topological polar surface area (TPSA) is 78.9 Å². The van der Waals surface area contributed by atoms with Crippen molar-refractivity contribution in [3.63, 3.8) is 0 Å². The monoisotopic (exact) mass is 275 g/mol. The maximum absolute atomic E-state index is 6.12. The summed E-state index contributed by atoms with van der Waals surface area (Å²) in [6.07, 6.45) is 4.11. The van der Waals surface area contributed by atoms with E-state index < -0.39 is 0 Å². The Morgan fingerprint density at radius 3 is 2.65 bits per heavy atom. The number of hydrogen-bond donors (Lipinski definition) is 1. The van der Waals surface area contributed by atoms with Crippen LogP contribution in [0.15, 0.2) is 12.4 Å². The number of hydrogen-bond acceptors (Lipinski definition) is 5. The summed E-state index contributed by atoms with van der Waals surface area (Å²) in [6.45, 7) is 6.78. The molecule has 2 aromatic rings. The largest absolute Gasteiger partial charge is 0.476 e. The smallest absolute Gasteiger partial charge is 0.242 e. The van der Waals surface area contributed by atoms with Gasteiger partial charge >= 0.3 is 0 Å². The van der Waals surface area contributed by atoms with Gasteiger partial charge in [0.05, 0.1) is 12.3 Å². The number of anilines is 1. The summed E-state index contributed by atoms with van der Waals surface area (Å²) in [7, 11) is 0. The van der Waals surface area contributed by atoms with Gasteiger partial charge in [0.2, 0.25) is 5.88 Å². The van der Waals surface area contributed by atoms with Crippen molar-refractivity contribution in [2.45, 2.75) is 40.0 Å². The molecule has 0 saturated carbocycles. The number of aryl methyl sites for hydroxylation is 2. The van der Waals surface area contributed by atoms with Crippen LogP contribution in [0.4, 0.5) is 5.69 Å². The molecular weight excluding hydrogens is 254 g/mol. The fourth-order valence-electron chi connectivity index (χ4n) is 1.94. The average molecular weight is 275 g/mol. The number of nitrogen functional groups attached to an aromatic ring is 1. The Morgan fingerprint density at radius 2 is 2.00 bits per heavy atom. The van der Waals surface area contributed by atoms with E-state index in [0.29, 0.717) is 24.0 Å². The van der Waals surface area contributed by atoms with Gasteiger partial charge in [-0.05, 0) is 25.3 Å². The third-order valence-corrected chi connectivity index (χ3v) is 3.03. The van der Waals surface area contributed by atoms with Crippen molar-refractivity contribution in [1.29, 1.82) is 0 Å². The first-order valence-electron chi connectivity index (χ1n) is 7.02. The Balaban J connectivity index is 2.44. The van der Waals surface area contributed by atoms with Crippen LogP contribution in [0.1, 0.15) is 38.6 Å². The summed E-state index contributed by atoms with van der Waals surface area (Å²) < 4.78 is 7.32. The van der Waals surface area contributed by atoms with Gasteiger partial charge in [0.15, 0.2) is 5.82 Å². The molecule has 0 spiro atoms. The van der Waals surface area contributed by atoms with Gasteiger partial charge in [-0.1, -0.05) is 20.8 Å². The van der Waals surface area contributed by atoms with Crippen LogP contribution in [0.5, 0.6) is 5.88 Å². The van der Waals surface area contributed by atoms with Crippen LogP contribution >= 0.6 is 0 Å². The summed E-state index contributed by atoms with van der Waals surface area (Å²) in [6, 6.07) is 2.08. The molecule has 2 rings (SSSR count). The highest BCUT2D eigenvalue weighted by atomic mass is 16.5. The molecule has 0 atom stereocenters. The molecule has 0 bridgehead atoms. The van der Waals surface area contributed by atoms with Crippen LogP contribution in [0.2, 0.25) is 0 Å². The Bertz CT molecular complexity index is 579. The van der Waals surface area contributed by atoms with Gasteiger partial charge in [-0.25, -0.2) is 9.67 Å². The molecule has 0 fully saturated rings. The standard InChI is InChI=1S/C14H21N5O/c1-4-7-20-14-12(15)13(16-9-17-14)19-11(6-3)8-10(5-2)18-19/h8-9H,4-7,15H2,1-3H3. The van der Waals surface area contributed by atoms with E-state index in [1.165, 1.54) is 6.33 Å². The Hall–Kier alpha value is -2.11. The first-order valence-corrected chi connectivity index (χ1v) is 7.02. The molecule has 0 aliphatic rings. The second-order valence-corrected chi connectivity index (χ2v) is 4.51. The molecule has 6 nitrogen and oxygen atoms in total. The highest BCUT2D eigenvalue weighted by molar-refractivity contribution is 5.60. The van der Waals surface area contributed by atoms with E-state index in [1.54, 1.807) is 4.68 Å². The zero-order valence-corrected chi connectivity index (χ0v) is 12.3. The quantitative estimate of drug-likeness (QED) is 0.874. The highest BCUT2D eigenvalue weighted by Gasteiger charge is 2.15. The molecule has 2 aromatic heterocycles. The first kappa shape index (κ1) is 14.3. The third-order valence-electron chi connectivity index (χ3n) is 3.03. The maximum atomic E-state index is 6.12. The van der Waals surface area contributed by atoms with E-state index in [-0.39, 0.29) is 0 Å². The predicted octanol–water partition coefficient (Wildman–Crippen LogP) is 2.16. The van der Waals surface area contributed by atoms with Gasteiger partial charge in [-0.3, -0.25) is 0 Å². The fraction of sp³-hybridized carbons (Fsp3) is 0.500. The van der Waals surface area contributed by atoms with E-state index in [2.05, 4.69) is 35.0 Å². The highest BCUT2D eigenvalue weighted by Crippen LogP contribution is 2.25. The van der Waals surface area contributed by atoms with Gasteiger partial charge < -0.3 is 10.5 Å². The second-order valence-electron chi connectivity index (χ2n) is 4.51. The van der Waals surface area contributed by atoms with Crippen molar-refractivity contribution in [3.05, 3.63) is 23.8 Å². The van der Waals surface area contributed by atoms with Crippen LogP contribution in [-0.4, -0.2) is 26.4 Å². The minimum atomic E-state index is 0.424. The van der Waals surface area contributed by atoms with Crippen molar-refractivity contribution in [2.24, 2.45) is 0 Å². The van der Waals surface area contributed by atoms with Crippen LogP contribution < -0.4 is 10.5 Å². The number of nitrogens with zero attached hydrogens (tertiary/aromatic N) is 4. The average Bonchev–Trinajstić information content (AvgIpc) is 2.89. The molecule has 0 aromatic carbocycles. The second kappa shape index (κ2) is 6.36.